The molecule has 1 heterocycles. The van der Waals surface area contributed by atoms with E-state index < -0.39 is 5.97 Å². The molecule has 6 heteroatoms. The molecule has 0 fully saturated rings. The molecule has 0 saturated heterocycles. The smallest absolute Gasteiger partial charge is 0.354 e. The second kappa shape index (κ2) is 7.36. The van der Waals surface area contributed by atoms with Gasteiger partial charge in [0.1, 0.15) is 17.3 Å². The molecule has 0 aliphatic carbocycles. The van der Waals surface area contributed by atoms with Crippen LogP contribution in [-0.2, 0) is 0 Å². The van der Waals surface area contributed by atoms with Crippen molar-refractivity contribution in [2.75, 3.05) is 0 Å². The number of aromatic nitrogens is 2. The third-order valence-corrected chi connectivity index (χ3v) is 4.13. The fourth-order valence-corrected chi connectivity index (χ4v) is 2.77. The van der Waals surface area contributed by atoms with Crippen molar-refractivity contribution >= 4 is 5.97 Å². The summed E-state index contributed by atoms with van der Waals surface area (Å²) >= 11 is 0. The molecule has 4 rings (SSSR count). The monoisotopic (exact) mass is 374 g/mol. The lowest BCUT2D eigenvalue weighted by Gasteiger charge is -2.06. The minimum absolute atomic E-state index is 0.0767. The highest BCUT2D eigenvalue weighted by atomic mass is 19.1. The largest absolute Gasteiger partial charge is 0.477 e. The molecule has 0 bridgehead atoms. The Morgan fingerprint density at radius 1 is 0.893 bits per heavy atom. The molecule has 3 aromatic carbocycles. The van der Waals surface area contributed by atoms with E-state index >= 15 is 0 Å². The fourth-order valence-electron chi connectivity index (χ4n) is 2.77. The lowest BCUT2D eigenvalue weighted by Crippen LogP contribution is -2.07. The first-order valence-electron chi connectivity index (χ1n) is 8.53. The number of nitrogens with zero attached hydrogens (tertiary/aromatic N) is 2. The molecular weight excluding hydrogens is 359 g/mol. The summed E-state index contributed by atoms with van der Waals surface area (Å²) < 4.78 is 20.1. The van der Waals surface area contributed by atoms with Gasteiger partial charge in [0.2, 0.25) is 0 Å². The zero-order valence-corrected chi connectivity index (χ0v) is 14.6. The van der Waals surface area contributed by atoms with Gasteiger partial charge in [-0.15, -0.1) is 0 Å². The zero-order chi connectivity index (χ0) is 19.5. The molecule has 138 valence electrons. The molecule has 0 aliphatic rings. The molecule has 0 aliphatic heterocycles. The van der Waals surface area contributed by atoms with E-state index in [1.807, 2.05) is 18.2 Å². The third kappa shape index (κ3) is 3.61. The minimum atomic E-state index is -1.06. The molecule has 0 amide bonds. The van der Waals surface area contributed by atoms with Crippen molar-refractivity contribution < 1.29 is 19.0 Å². The van der Waals surface area contributed by atoms with Gasteiger partial charge in [0.25, 0.3) is 0 Å². The van der Waals surface area contributed by atoms with Crippen molar-refractivity contribution in [2.24, 2.45) is 0 Å². The van der Waals surface area contributed by atoms with E-state index in [9.17, 15) is 14.3 Å². The molecule has 4 aromatic rings. The molecule has 0 unspecified atom stereocenters. The zero-order valence-electron chi connectivity index (χ0n) is 14.6. The van der Waals surface area contributed by atoms with Crippen LogP contribution in [0.15, 0.2) is 84.9 Å². The van der Waals surface area contributed by atoms with Crippen LogP contribution in [0.2, 0.25) is 0 Å². The van der Waals surface area contributed by atoms with Gasteiger partial charge in [0, 0.05) is 5.56 Å². The van der Waals surface area contributed by atoms with Crippen molar-refractivity contribution in [3.8, 4) is 28.4 Å². The van der Waals surface area contributed by atoms with Gasteiger partial charge in [0.15, 0.2) is 5.69 Å². The molecule has 5 nitrogen and oxygen atoms in total. The molecule has 0 saturated carbocycles. The molecule has 0 radical (unpaired) electrons. The van der Waals surface area contributed by atoms with E-state index in [0.29, 0.717) is 22.9 Å². The Balaban J connectivity index is 1.62. The number of ether oxygens (including phenoxy) is 1. The van der Waals surface area contributed by atoms with Gasteiger partial charge in [-0.3, -0.25) is 0 Å². The fraction of sp³-hybridized carbons (Fsp3) is 0. The Labute approximate surface area is 160 Å². The summed E-state index contributed by atoms with van der Waals surface area (Å²) in [5.74, 6) is -0.281. The Bertz CT molecular complexity index is 1100. The van der Waals surface area contributed by atoms with E-state index in [1.165, 1.54) is 22.9 Å². The first kappa shape index (κ1) is 17.5. The van der Waals surface area contributed by atoms with Crippen LogP contribution in [0.1, 0.15) is 10.5 Å². The molecule has 1 N–H and O–H groups in total. The Hall–Kier alpha value is -3.93. The van der Waals surface area contributed by atoms with Crippen LogP contribution in [0.25, 0.3) is 16.9 Å². The van der Waals surface area contributed by atoms with Gasteiger partial charge < -0.3 is 9.84 Å². The highest BCUT2D eigenvalue weighted by molar-refractivity contribution is 5.88. The van der Waals surface area contributed by atoms with Gasteiger partial charge in [-0.05, 0) is 66.7 Å². The average molecular weight is 374 g/mol. The quantitative estimate of drug-likeness (QED) is 0.523. The van der Waals surface area contributed by atoms with Crippen LogP contribution in [0.5, 0.6) is 11.5 Å². The molecule has 28 heavy (non-hydrogen) atoms. The van der Waals surface area contributed by atoms with Crippen molar-refractivity contribution in [1.82, 2.24) is 9.78 Å². The summed E-state index contributed by atoms with van der Waals surface area (Å²) in [5, 5.41) is 14.0. The third-order valence-electron chi connectivity index (χ3n) is 4.13. The minimum Gasteiger partial charge on any atom is -0.477 e. The normalized spacial score (nSPS) is 10.6. The number of hydrogen-bond donors (Lipinski definition) is 1. The second-order valence-electron chi connectivity index (χ2n) is 6.05. The maximum Gasteiger partial charge on any atom is 0.354 e. The lowest BCUT2D eigenvalue weighted by atomic mass is 10.1. The van der Waals surface area contributed by atoms with Crippen molar-refractivity contribution in [2.45, 2.75) is 0 Å². The first-order chi connectivity index (χ1) is 13.6. The Kier molecular flexibility index (Phi) is 4.60. The van der Waals surface area contributed by atoms with Gasteiger partial charge in [-0.2, -0.15) is 5.10 Å². The predicted molar refractivity (Wildman–Crippen MR) is 102 cm³/mol. The van der Waals surface area contributed by atoms with Crippen LogP contribution in [0.3, 0.4) is 0 Å². The van der Waals surface area contributed by atoms with Crippen LogP contribution in [0, 0.1) is 5.82 Å². The number of carboxylic acids is 1. The van der Waals surface area contributed by atoms with E-state index in [1.54, 1.807) is 48.5 Å². The van der Waals surface area contributed by atoms with Crippen LogP contribution >= 0.6 is 0 Å². The maximum atomic E-state index is 13.0. The molecular formula is C22H15FN2O3. The number of hydrogen-bond acceptors (Lipinski definition) is 3. The molecule has 0 atom stereocenters. The predicted octanol–water partition coefficient (Wildman–Crippen LogP) is 5.17. The van der Waals surface area contributed by atoms with Gasteiger partial charge in [-0.25, -0.2) is 13.9 Å². The summed E-state index contributed by atoms with van der Waals surface area (Å²) in [7, 11) is 0. The number of rotatable bonds is 5. The van der Waals surface area contributed by atoms with Crippen molar-refractivity contribution in [3.63, 3.8) is 0 Å². The average Bonchev–Trinajstić information content (AvgIpc) is 3.17. The van der Waals surface area contributed by atoms with Crippen molar-refractivity contribution in [3.05, 3.63) is 96.4 Å². The number of aromatic carboxylic acids is 1. The summed E-state index contributed by atoms with van der Waals surface area (Å²) in [6.07, 6.45) is 0. The first-order valence-corrected chi connectivity index (χ1v) is 8.53. The Morgan fingerprint density at radius 3 is 2.11 bits per heavy atom. The molecule has 1 aromatic heterocycles. The highest BCUT2D eigenvalue weighted by Crippen LogP contribution is 2.27. The van der Waals surface area contributed by atoms with Gasteiger partial charge in [-0.1, -0.05) is 18.2 Å². The standard InChI is InChI=1S/C22H15FN2O3/c23-16-8-12-19(13-9-16)28-18-10-6-15(7-11-18)20-14-21(22(26)27)25(24-20)17-4-2-1-3-5-17/h1-14H,(H,26,27). The highest BCUT2D eigenvalue weighted by Gasteiger charge is 2.16. The summed E-state index contributed by atoms with van der Waals surface area (Å²) in [4.78, 5) is 11.6. The topological polar surface area (TPSA) is 64.3 Å². The summed E-state index contributed by atoms with van der Waals surface area (Å²) in [5.41, 5.74) is 2.04. The SMILES string of the molecule is O=C(O)c1cc(-c2ccc(Oc3ccc(F)cc3)cc2)nn1-c1ccccc1. The number of halogens is 1. The van der Waals surface area contributed by atoms with E-state index in [2.05, 4.69) is 5.10 Å². The van der Waals surface area contributed by atoms with Crippen LogP contribution in [-0.4, -0.2) is 20.9 Å². The van der Waals surface area contributed by atoms with Crippen molar-refractivity contribution in [1.29, 1.82) is 0 Å². The maximum absolute atomic E-state index is 13.0. The van der Waals surface area contributed by atoms with Crippen LogP contribution < -0.4 is 4.74 Å². The number of carboxylic acid groups (broad SMARTS) is 1. The van der Waals surface area contributed by atoms with Crippen LogP contribution in [0.4, 0.5) is 4.39 Å². The van der Waals surface area contributed by atoms with E-state index in [0.717, 1.165) is 5.56 Å². The Morgan fingerprint density at radius 2 is 1.50 bits per heavy atom. The van der Waals surface area contributed by atoms with Gasteiger partial charge >= 0.3 is 5.97 Å². The second-order valence-corrected chi connectivity index (χ2v) is 6.05. The van der Waals surface area contributed by atoms with E-state index in [4.69, 9.17) is 4.74 Å². The van der Waals surface area contributed by atoms with E-state index in [-0.39, 0.29) is 11.5 Å². The summed E-state index contributed by atoms with van der Waals surface area (Å²) in [6.45, 7) is 0. The molecule has 0 spiro atoms. The lowest BCUT2D eigenvalue weighted by molar-refractivity contribution is 0.0687. The summed E-state index contributed by atoms with van der Waals surface area (Å²) in [6, 6.07) is 23.5. The number of para-hydroxylation sites is 1. The van der Waals surface area contributed by atoms with Gasteiger partial charge in [0.05, 0.1) is 11.4 Å². The number of carbonyl (C=O) groups is 1. The number of benzene rings is 3.